The third-order valence-corrected chi connectivity index (χ3v) is 4.34. The first kappa shape index (κ1) is 19.6. The number of methoxy groups -OCH3 is 2. The lowest BCUT2D eigenvalue weighted by atomic mass is 9.81. The summed E-state index contributed by atoms with van der Waals surface area (Å²) in [6.07, 6.45) is 2.56. The van der Waals surface area contributed by atoms with E-state index in [1.165, 1.54) is 0 Å². The number of benzene rings is 1. The van der Waals surface area contributed by atoms with Gasteiger partial charge in [0.05, 0.1) is 20.6 Å². The molecule has 1 amide bonds. The molecule has 1 heterocycles. The Hall–Kier alpha value is -1.46. The molecule has 0 bridgehead atoms. The molecule has 6 heteroatoms. The Labute approximate surface area is 144 Å². The third kappa shape index (κ3) is 5.59. The lowest BCUT2D eigenvalue weighted by Crippen LogP contribution is -2.43. The average Bonchev–Trinajstić information content (AvgIpc) is 2.53. The molecule has 130 valence electrons. The van der Waals surface area contributed by atoms with Crippen LogP contribution >= 0.6 is 12.4 Å². The highest BCUT2D eigenvalue weighted by Crippen LogP contribution is 2.28. The predicted molar refractivity (Wildman–Crippen MR) is 93.7 cm³/mol. The molecule has 1 saturated heterocycles. The van der Waals surface area contributed by atoms with Crippen LogP contribution in [0, 0.1) is 5.41 Å². The highest BCUT2D eigenvalue weighted by atomic mass is 35.5. The summed E-state index contributed by atoms with van der Waals surface area (Å²) in [5.74, 6) is 1.37. The van der Waals surface area contributed by atoms with Gasteiger partial charge in [0.1, 0.15) is 0 Å². The van der Waals surface area contributed by atoms with Gasteiger partial charge in [0.15, 0.2) is 11.5 Å². The number of rotatable bonds is 6. The number of ether oxygens (including phenoxy) is 2. The van der Waals surface area contributed by atoms with Crippen LogP contribution in [0.5, 0.6) is 11.5 Å². The molecule has 0 saturated carbocycles. The van der Waals surface area contributed by atoms with Gasteiger partial charge in [-0.3, -0.25) is 4.79 Å². The summed E-state index contributed by atoms with van der Waals surface area (Å²) in [5, 5.41) is 6.42. The largest absolute Gasteiger partial charge is 0.493 e. The van der Waals surface area contributed by atoms with Crippen molar-refractivity contribution in [3.05, 3.63) is 23.8 Å². The lowest BCUT2D eigenvalue weighted by Gasteiger charge is -2.34. The Morgan fingerprint density at radius 2 is 1.87 bits per heavy atom. The number of nitrogens with one attached hydrogen (secondary N) is 2. The number of carbonyl (C=O) groups excluding carboxylic acids is 1. The summed E-state index contributed by atoms with van der Waals surface area (Å²) >= 11 is 0. The Morgan fingerprint density at radius 3 is 2.48 bits per heavy atom. The van der Waals surface area contributed by atoms with Crippen molar-refractivity contribution in [3.8, 4) is 11.5 Å². The third-order valence-electron chi connectivity index (χ3n) is 4.34. The van der Waals surface area contributed by atoms with E-state index in [4.69, 9.17) is 9.47 Å². The van der Waals surface area contributed by atoms with Gasteiger partial charge in [-0.2, -0.15) is 0 Å². The van der Waals surface area contributed by atoms with Crippen LogP contribution in [-0.4, -0.2) is 39.8 Å². The van der Waals surface area contributed by atoms with Gasteiger partial charge in [-0.25, -0.2) is 0 Å². The zero-order valence-corrected chi connectivity index (χ0v) is 14.9. The monoisotopic (exact) mass is 342 g/mol. The van der Waals surface area contributed by atoms with Gasteiger partial charge < -0.3 is 20.1 Å². The maximum Gasteiger partial charge on any atom is 0.224 e. The normalized spacial score (nSPS) is 16.1. The molecule has 2 N–H and O–H groups in total. The number of carbonyl (C=O) groups is 1. The smallest absolute Gasteiger partial charge is 0.224 e. The van der Waals surface area contributed by atoms with E-state index in [1.807, 2.05) is 18.2 Å². The van der Waals surface area contributed by atoms with Gasteiger partial charge in [-0.05, 0) is 49.0 Å². The first-order chi connectivity index (χ1) is 10.6. The minimum atomic E-state index is 0. The maximum absolute atomic E-state index is 12.2. The Balaban J connectivity index is 0.00000264. The van der Waals surface area contributed by atoms with E-state index in [1.54, 1.807) is 14.2 Å². The molecule has 1 aromatic carbocycles. The molecular formula is C17H27ClN2O3. The van der Waals surface area contributed by atoms with Crippen molar-refractivity contribution < 1.29 is 14.3 Å². The SMILES string of the molecule is COc1ccc(CC(=O)NCC2(C)CCNCC2)cc1OC.Cl. The zero-order valence-electron chi connectivity index (χ0n) is 14.1. The van der Waals surface area contributed by atoms with Crippen LogP contribution in [0.1, 0.15) is 25.3 Å². The van der Waals surface area contributed by atoms with Crippen molar-refractivity contribution in [1.29, 1.82) is 0 Å². The quantitative estimate of drug-likeness (QED) is 0.832. The molecule has 0 aliphatic carbocycles. The molecule has 0 aromatic heterocycles. The fourth-order valence-corrected chi connectivity index (χ4v) is 2.76. The fourth-order valence-electron chi connectivity index (χ4n) is 2.76. The maximum atomic E-state index is 12.2. The number of hydrogen-bond acceptors (Lipinski definition) is 4. The lowest BCUT2D eigenvalue weighted by molar-refractivity contribution is -0.121. The fraction of sp³-hybridized carbons (Fsp3) is 0.588. The molecule has 5 nitrogen and oxygen atoms in total. The summed E-state index contributed by atoms with van der Waals surface area (Å²) in [7, 11) is 3.20. The van der Waals surface area contributed by atoms with Crippen molar-refractivity contribution in [2.75, 3.05) is 33.9 Å². The molecule has 0 radical (unpaired) electrons. The van der Waals surface area contributed by atoms with Crippen LogP contribution < -0.4 is 20.1 Å². The molecule has 1 aliphatic heterocycles. The summed E-state index contributed by atoms with van der Waals surface area (Å²) in [4.78, 5) is 12.2. The summed E-state index contributed by atoms with van der Waals surface area (Å²) in [6.45, 7) is 5.04. The molecule has 1 fully saturated rings. The highest BCUT2D eigenvalue weighted by Gasteiger charge is 2.26. The van der Waals surface area contributed by atoms with E-state index in [0.717, 1.165) is 38.0 Å². The molecule has 1 aromatic rings. The van der Waals surface area contributed by atoms with E-state index in [2.05, 4.69) is 17.6 Å². The van der Waals surface area contributed by atoms with Gasteiger partial charge in [0.2, 0.25) is 5.91 Å². The molecule has 0 spiro atoms. The van der Waals surface area contributed by atoms with Crippen molar-refractivity contribution >= 4 is 18.3 Å². The minimum absolute atomic E-state index is 0. The van der Waals surface area contributed by atoms with Crippen LogP contribution in [0.4, 0.5) is 0 Å². The van der Waals surface area contributed by atoms with Crippen LogP contribution in [0.25, 0.3) is 0 Å². The van der Waals surface area contributed by atoms with Crippen LogP contribution in [-0.2, 0) is 11.2 Å². The summed E-state index contributed by atoms with van der Waals surface area (Å²) in [5.41, 5.74) is 1.13. The van der Waals surface area contributed by atoms with Crippen molar-refractivity contribution in [3.63, 3.8) is 0 Å². The number of hydrogen-bond donors (Lipinski definition) is 2. The van der Waals surface area contributed by atoms with Crippen LogP contribution in [0.15, 0.2) is 18.2 Å². The number of piperidine rings is 1. The highest BCUT2D eigenvalue weighted by molar-refractivity contribution is 5.85. The molecule has 0 atom stereocenters. The van der Waals surface area contributed by atoms with E-state index >= 15 is 0 Å². The van der Waals surface area contributed by atoms with Crippen LogP contribution in [0.3, 0.4) is 0 Å². The van der Waals surface area contributed by atoms with Gasteiger partial charge in [0.25, 0.3) is 0 Å². The van der Waals surface area contributed by atoms with Crippen molar-refractivity contribution in [1.82, 2.24) is 10.6 Å². The first-order valence-corrected chi connectivity index (χ1v) is 7.75. The van der Waals surface area contributed by atoms with E-state index in [0.29, 0.717) is 17.9 Å². The van der Waals surface area contributed by atoms with Crippen molar-refractivity contribution in [2.45, 2.75) is 26.2 Å². The predicted octanol–water partition coefficient (Wildman–Crippen LogP) is 2.17. The molecule has 1 aliphatic rings. The first-order valence-electron chi connectivity index (χ1n) is 7.75. The van der Waals surface area contributed by atoms with Crippen LogP contribution in [0.2, 0.25) is 0 Å². The molecule has 2 rings (SSSR count). The second-order valence-corrected chi connectivity index (χ2v) is 6.20. The van der Waals surface area contributed by atoms with Crippen molar-refractivity contribution in [2.24, 2.45) is 5.41 Å². The van der Waals surface area contributed by atoms with Gasteiger partial charge in [-0.1, -0.05) is 13.0 Å². The average molecular weight is 343 g/mol. The van der Waals surface area contributed by atoms with E-state index < -0.39 is 0 Å². The summed E-state index contributed by atoms with van der Waals surface area (Å²) < 4.78 is 10.5. The standard InChI is InChI=1S/C17H26N2O3.ClH/c1-17(6-8-18-9-7-17)12-19-16(20)11-13-4-5-14(21-2)15(10-13)22-3;/h4-5,10,18H,6-9,11-12H2,1-3H3,(H,19,20);1H. The zero-order chi connectivity index (χ0) is 16.0. The van der Waals surface area contributed by atoms with Gasteiger partial charge in [-0.15, -0.1) is 12.4 Å². The summed E-state index contributed by atoms with van der Waals surface area (Å²) in [6, 6.07) is 5.58. The molecular weight excluding hydrogens is 316 g/mol. The number of halogens is 1. The van der Waals surface area contributed by atoms with E-state index in [9.17, 15) is 4.79 Å². The molecule has 23 heavy (non-hydrogen) atoms. The van der Waals surface area contributed by atoms with Gasteiger partial charge >= 0.3 is 0 Å². The topological polar surface area (TPSA) is 59.6 Å². The molecule has 0 unspecified atom stereocenters. The second kappa shape index (κ2) is 8.99. The second-order valence-electron chi connectivity index (χ2n) is 6.20. The van der Waals surface area contributed by atoms with Gasteiger partial charge in [0, 0.05) is 6.54 Å². The number of amides is 1. The Bertz CT molecular complexity index is 517. The Kier molecular flexibility index (Phi) is 7.65. The Morgan fingerprint density at radius 1 is 1.22 bits per heavy atom. The van der Waals surface area contributed by atoms with E-state index in [-0.39, 0.29) is 23.7 Å². The minimum Gasteiger partial charge on any atom is -0.493 e.